The fourth-order valence-corrected chi connectivity index (χ4v) is 1.34. The molecule has 0 radical (unpaired) electrons. The van der Waals surface area contributed by atoms with E-state index in [0.717, 1.165) is 0 Å². The Morgan fingerprint density at radius 1 is 1.20 bits per heavy atom. The molecule has 0 atom stereocenters. The minimum atomic E-state index is -1.48. The van der Waals surface area contributed by atoms with E-state index in [-0.39, 0.29) is 19.8 Å². The predicted octanol–water partition coefficient (Wildman–Crippen LogP) is -1.11. The Bertz CT molecular complexity index is 441. The van der Waals surface area contributed by atoms with E-state index in [1.807, 2.05) is 0 Å². The van der Waals surface area contributed by atoms with Crippen LogP contribution in [0, 0.1) is 0 Å². The average Bonchev–Trinajstić information content (AvgIpc) is 2.89. The van der Waals surface area contributed by atoms with E-state index in [1.54, 1.807) is 13.8 Å². The van der Waals surface area contributed by atoms with Crippen LogP contribution >= 0.6 is 0 Å². The lowest BCUT2D eigenvalue weighted by molar-refractivity contribution is -0.159. The minimum Gasteiger partial charge on any atom is -0.464 e. The van der Waals surface area contributed by atoms with E-state index < -0.39 is 23.9 Å². The average molecular weight is 284 g/mol. The van der Waals surface area contributed by atoms with Crippen LogP contribution in [0.3, 0.4) is 0 Å². The lowest BCUT2D eigenvalue weighted by atomic mass is 10.3. The second kappa shape index (κ2) is 7.87. The van der Waals surface area contributed by atoms with Gasteiger partial charge in [0.2, 0.25) is 11.9 Å². The molecule has 0 bridgehead atoms. The zero-order chi connectivity index (χ0) is 15.0. The summed E-state index contributed by atoms with van der Waals surface area (Å²) in [4.78, 5) is 35.0. The molecule has 1 aromatic heterocycles. The van der Waals surface area contributed by atoms with Crippen molar-refractivity contribution in [1.82, 2.24) is 20.3 Å². The van der Waals surface area contributed by atoms with Gasteiger partial charge in [0.25, 0.3) is 0 Å². The van der Waals surface area contributed by atoms with Gasteiger partial charge in [0, 0.05) is 6.20 Å². The van der Waals surface area contributed by atoms with E-state index in [0.29, 0.717) is 0 Å². The third-order valence-corrected chi connectivity index (χ3v) is 2.13. The van der Waals surface area contributed by atoms with Gasteiger partial charge in [-0.1, -0.05) is 5.21 Å². The molecular weight excluding hydrogens is 268 g/mol. The van der Waals surface area contributed by atoms with E-state index in [4.69, 9.17) is 9.47 Å². The SMILES string of the molecule is CCOC(=O)C(NC(=O)Cn1ccnn1)C(=O)OCC. The van der Waals surface area contributed by atoms with Crippen LogP contribution in [0.5, 0.6) is 0 Å². The molecule has 1 heterocycles. The molecular formula is C11H16N4O5. The topological polar surface area (TPSA) is 112 Å². The van der Waals surface area contributed by atoms with Crippen LogP contribution in [0.25, 0.3) is 0 Å². The Kier molecular flexibility index (Phi) is 6.14. The third kappa shape index (κ3) is 4.67. The third-order valence-electron chi connectivity index (χ3n) is 2.13. The molecule has 9 nitrogen and oxygen atoms in total. The van der Waals surface area contributed by atoms with Crippen LogP contribution < -0.4 is 5.32 Å². The molecule has 0 aliphatic heterocycles. The van der Waals surface area contributed by atoms with Gasteiger partial charge in [0.1, 0.15) is 6.54 Å². The van der Waals surface area contributed by atoms with E-state index in [1.165, 1.54) is 17.1 Å². The summed E-state index contributed by atoms with van der Waals surface area (Å²) in [5, 5.41) is 9.38. The van der Waals surface area contributed by atoms with Gasteiger partial charge in [-0.25, -0.2) is 14.3 Å². The van der Waals surface area contributed by atoms with Crippen molar-refractivity contribution < 1.29 is 23.9 Å². The molecule has 0 aliphatic carbocycles. The molecule has 0 aliphatic rings. The van der Waals surface area contributed by atoms with Crippen LogP contribution in [0.4, 0.5) is 0 Å². The molecule has 110 valence electrons. The summed E-state index contributed by atoms with van der Waals surface area (Å²) in [6.45, 7) is 3.20. The van der Waals surface area contributed by atoms with Gasteiger partial charge < -0.3 is 14.8 Å². The predicted molar refractivity (Wildman–Crippen MR) is 65.2 cm³/mol. The number of rotatable bonds is 7. The van der Waals surface area contributed by atoms with Crippen molar-refractivity contribution in [2.45, 2.75) is 26.4 Å². The van der Waals surface area contributed by atoms with Gasteiger partial charge in [-0.05, 0) is 13.8 Å². The molecule has 1 amide bonds. The van der Waals surface area contributed by atoms with Crippen molar-refractivity contribution in [3.05, 3.63) is 12.4 Å². The van der Waals surface area contributed by atoms with Gasteiger partial charge in [-0.15, -0.1) is 5.10 Å². The second-order valence-electron chi connectivity index (χ2n) is 3.61. The largest absolute Gasteiger partial charge is 0.464 e. The molecule has 0 spiro atoms. The van der Waals surface area contributed by atoms with Crippen LogP contribution in [0.2, 0.25) is 0 Å². The Morgan fingerprint density at radius 3 is 2.25 bits per heavy atom. The van der Waals surface area contributed by atoms with Gasteiger partial charge in [0.05, 0.1) is 19.4 Å². The summed E-state index contributed by atoms with van der Waals surface area (Å²) >= 11 is 0. The fourth-order valence-electron chi connectivity index (χ4n) is 1.34. The highest BCUT2D eigenvalue weighted by molar-refractivity contribution is 6.02. The first-order chi connectivity index (χ1) is 9.58. The van der Waals surface area contributed by atoms with E-state index in [9.17, 15) is 14.4 Å². The first-order valence-corrected chi connectivity index (χ1v) is 6.05. The summed E-state index contributed by atoms with van der Waals surface area (Å²) in [7, 11) is 0. The maximum absolute atomic E-state index is 11.7. The lowest BCUT2D eigenvalue weighted by Crippen LogP contribution is -2.49. The number of hydrogen-bond acceptors (Lipinski definition) is 7. The van der Waals surface area contributed by atoms with Crippen LogP contribution in [0.1, 0.15) is 13.8 Å². The summed E-state index contributed by atoms with van der Waals surface area (Å²) in [5.41, 5.74) is 0. The molecule has 1 rings (SSSR count). The van der Waals surface area contributed by atoms with E-state index >= 15 is 0 Å². The first-order valence-electron chi connectivity index (χ1n) is 6.05. The zero-order valence-electron chi connectivity index (χ0n) is 11.2. The Balaban J connectivity index is 2.65. The van der Waals surface area contributed by atoms with Crippen molar-refractivity contribution in [2.24, 2.45) is 0 Å². The van der Waals surface area contributed by atoms with Crippen LogP contribution in [-0.2, 0) is 30.4 Å². The number of carbonyl (C=O) groups excluding carboxylic acids is 3. The monoisotopic (exact) mass is 284 g/mol. The normalized spacial score (nSPS) is 10.2. The van der Waals surface area contributed by atoms with Crippen molar-refractivity contribution >= 4 is 17.8 Å². The summed E-state index contributed by atoms with van der Waals surface area (Å²) in [6, 6.07) is -1.48. The highest BCUT2D eigenvalue weighted by Crippen LogP contribution is 1.95. The number of nitrogens with one attached hydrogen (secondary N) is 1. The van der Waals surface area contributed by atoms with Crippen LogP contribution in [0.15, 0.2) is 12.4 Å². The van der Waals surface area contributed by atoms with Crippen molar-refractivity contribution in [3.63, 3.8) is 0 Å². The number of aromatic nitrogens is 3. The minimum absolute atomic E-state index is 0.0910. The van der Waals surface area contributed by atoms with Crippen molar-refractivity contribution in [2.75, 3.05) is 13.2 Å². The van der Waals surface area contributed by atoms with Gasteiger partial charge in [-0.3, -0.25) is 4.79 Å². The molecule has 1 N–H and O–H groups in total. The quantitative estimate of drug-likeness (QED) is 0.499. The van der Waals surface area contributed by atoms with Gasteiger partial charge in [0.15, 0.2) is 0 Å². The standard InChI is InChI=1S/C11H16N4O5/c1-3-19-10(17)9(11(18)20-4-2)13-8(16)7-15-6-5-12-14-15/h5-6,9H,3-4,7H2,1-2H3,(H,13,16). The maximum atomic E-state index is 11.7. The molecule has 9 heteroatoms. The number of esters is 2. The Labute approximate surface area is 115 Å². The second-order valence-corrected chi connectivity index (χ2v) is 3.61. The smallest absolute Gasteiger partial charge is 0.340 e. The molecule has 0 aromatic carbocycles. The number of amides is 1. The highest BCUT2D eigenvalue weighted by Gasteiger charge is 2.31. The molecule has 20 heavy (non-hydrogen) atoms. The fraction of sp³-hybridized carbons (Fsp3) is 0.545. The van der Waals surface area contributed by atoms with Crippen LogP contribution in [-0.4, -0.2) is 52.1 Å². The molecule has 1 aromatic rings. The summed E-state index contributed by atoms with van der Waals surface area (Å²) in [5.74, 6) is -2.31. The first kappa shape index (κ1) is 15.6. The molecule has 0 saturated carbocycles. The van der Waals surface area contributed by atoms with E-state index in [2.05, 4.69) is 15.6 Å². The van der Waals surface area contributed by atoms with Gasteiger partial charge >= 0.3 is 11.9 Å². The summed E-state index contributed by atoms with van der Waals surface area (Å²) < 4.78 is 10.7. The Morgan fingerprint density at radius 2 is 1.80 bits per heavy atom. The highest BCUT2D eigenvalue weighted by atomic mass is 16.6. The zero-order valence-corrected chi connectivity index (χ0v) is 11.2. The number of carbonyl (C=O) groups is 3. The van der Waals surface area contributed by atoms with Crippen molar-refractivity contribution in [3.8, 4) is 0 Å². The number of ether oxygens (including phenoxy) is 2. The van der Waals surface area contributed by atoms with Gasteiger partial charge in [-0.2, -0.15) is 0 Å². The molecule has 0 saturated heterocycles. The molecule has 0 unspecified atom stereocenters. The lowest BCUT2D eigenvalue weighted by Gasteiger charge is -2.15. The number of nitrogens with zero attached hydrogens (tertiary/aromatic N) is 3. The molecule has 0 fully saturated rings. The maximum Gasteiger partial charge on any atom is 0.340 e. The Hall–Kier alpha value is -2.45. The van der Waals surface area contributed by atoms with Crippen molar-refractivity contribution in [1.29, 1.82) is 0 Å². The number of hydrogen-bond donors (Lipinski definition) is 1. The summed E-state index contributed by atoms with van der Waals surface area (Å²) in [6.07, 6.45) is 2.88.